The molecular weight excluding hydrogens is 604 g/mol. The molecule has 3 atom stereocenters. The number of nitrogens with two attached hydrogens (primary N) is 1. The number of fused-ring (bicyclic) bond motifs is 2. The molecule has 2 aliphatic rings. The van der Waals surface area contributed by atoms with Crippen molar-refractivity contribution in [3.8, 4) is 5.75 Å². The fourth-order valence-electron chi connectivity index (χ4n) is 5.53. The molecule has 3 aromatic carbocycles. The highest BCUT2D eigenvalue weighted by Crippen LogP contribution is 2.40. The number of benzene rings is 3. The summed E-state index contributed by atoms with van der Waals surface area (Å²) in [5.74, 6) is -4.36. The Morgan fingerprint density at radius 3 is 2.20 bits per heavy atom. The Morgan fingerprint density at radius 1 is 1.00 bits per heavy atom. The molecule has 2 heterocycles. The third-order valence-electron chi connectivity index (χ3n) is 7.52. The normalized spacial score (nSPS) is 21.7. The van der Waals surface area contributed by atoms with Gasteiger partial charge in [0, 0.05) is 28.2 Å². The molecule has 1 amide bonds. The first-order valence-electron chi connectivity index (χ1n) is 13.1. The first-order valence-corrected chi connectivity index (χ1v) is 15.3. The van der Waals surface area contributed by atoms with Gasteiger partial charge in [-0.15, -0.1) is 0 Å². The van der Waals surface area contributed by atoms with E-state index in [1.165, 1.54) is 53.4 Å². The number of ether oxygens (including phenoxy) is 1. The number of carbonyl (C=O) groups excluding carboxylic acids is 1. The quantitative estimate of drug-likeness (QED) is 0.347. The number of amides is 1. The molecule has 2 aliphatic heterocycles. The third-order valence-corrected chi connectivity index (χ3v) is 9.49. The van der Waals surface area contributed by atoms with Gasteiger partial charge >= 0.3 is 0 Å². The SMILES string of the molecule is NC1CC2CCC(C1)N2C(=O)[C@@H](NS(=O)(=O)c1ccc(OCc2ccccc2)cc1)C(F)(F)c1ccc(Br)cc1. The Hall–Kier alpha value is -2.86. The average molecular weight is 635 g/mol. The Balaban J connectivity index is 1.41. The number of nitrogens with zero attached hydrogens (tertiary/aromatic N) is 1. The van der Waals surface area contributed by atoms with Gasteiger partial charge in [0.2, 0.25) is 15.9 Å². The molecule has 2 saturated heterocycles. The van der Waals surface area contributed by atoms with Gasteiger partial charge in [-0.05, 0) is 67.6 Å². The summed E-state index contributed by atoms with van der Waals surface area (Å²) < 4.78 is 67.2. The maximum atomic E-state index is 16.0. The van der Waals surface area contributed by atoms with Crippen LogP contribution < -0.4 is 15.2 Å². The molecule has 2 unspecified atom stereocenters. The number of piperidine rings is 1. The molecule has 40 heavy (non-hydrogen) atoms. The number of hydrogen-bond donors (Lipinski definition) is 2. The molecule has 7 nitrogen and oxygen atoms in total. The number of alkyl halides is 2. The number of sulfonamides is 1. The molecule has 5 rings (SSSR count). The summed E-state index contributed by atoms with van der Waals surface area (Å²) in [6, 6.07) is 17.0. The molecule has 3 aromatic rings. The van der Waals surface area contributed by atoms with E-state index in [0.717, 1.165) is 5.56 Å². The van der Waals surface area contributed by atoms with Crippen LogP contribution in [0.25, 0.3) is 0 Å². The minimum absolute atomic E-state index is 0.119. The Bertz CT molecular complexity index is 1430. The van der Waals surface area contributed by atoms with Crippen molar-refractivity contribution in [1.82, 2.24) is 9.62 Å². The number of carbonyl (C=O) groups is 1. The van der Waals surface area contributed by atoms with Crippen LogP contribution in [0.4, 0.5) is 8.78 Å². The van der Waals surface area contributed by atoms with Crippen molar-refractivity contribution in [3.05, 3.63) is 94.5 Å². The molecule has 2 fully saturated rings. The number of halogens is 3. The van der Waals surface area contributed by atoms with Gasteiger partial charge in [-0.1, -0.05) is 58.4 Å². The summed E-state index contributed by atoms with van der Waals surface area (Å²) >= 11 is 3.23. The minimum Gasteiger partial charge on any atom is -0.489 e. The lowest BCUT2D eigenvalue weighted by Crippen LogP contribution is -2.60. The van der Waals surface area contributed by atoms with E-state index in [9.17, 15) is 13.2 Å². The van der Waals surface area contributed by atoms with Gasteiger partial charge in [0.25, 0.3) is 5.92 Å². The molecule has 0 aliphatic carbocycles. The van der Waals surface area contributed by atoms with Gasteiger partial charge in [-0.25, -0.2) is 8.42 Å². The van der Waals surface area contributed by atoms with Crippen LogP contribution in [0.3, 0.4) is 0 Å². The summed E-state index contributed by atoms with van der Waals surface area (Å²) in [5, 5.41) is 0. The zero-order valence-corrected chi connectivity index (χ0v) is 24.0. The zero-order chi connectivity index (χ0) is 28.5. The summed E-state index contributed by atoms with van der Waals surface area (Å²) in [4.78, 5) is 15.0. The van der Waals surface area contributed by atoms with Crippen LogP contribution in [0.15, 0.2) is 88.2 Å². The van der Waals surface area contributed by atoms with Crippen LogP contribution >= 0.6 is 15.9 Å². The molecule has 11 heteroatoms. The van der Waals surface area contributed by atoms with Crippen LogP contribution in [0.1, 0.15) is 36.8 Å². The van der Waals surface area contributed by atoms with Gasteiger partial charge in [-0.2, -0.15) is 13.5 Å². The number of hydrogen-bond acceptors (Lipinski definition) is 5. The second kappa shape index (κ2) is 11.6. The molecule has 3 N–H and O–H groups in total. The van der Waals surface area contributed by atoms with E-state index < -0.39 is 33.5 Å². The first-order chi connectivity index (χ1) is 19.0. The highest BCUT2D eigenvalue weighted by molar-refractivity contribution is 9.10. The lowest BCUT2D eigenvalue weighted by molar-refractivity contribution is -0.149. The highest BCUT2D eigenvalue weighted by Gasteiger charge is 2.53. The lowest BCUT2D eigenvalue weighted by atomic mass is 9.95. The van der Waals surface area contributed by atoms with Gasteiger partial charge in [0.1, 0.15) is 12.4 Å². The van der Waals surface area contributed by atoms with Crippen molar-refractivity contribution in [2.75, 3.05) is 0 Å². The largest absolute Gasteiger partial charge is 0.489 e. The van der Waals surface area contributed by atoms with Crippen LogP contribution in [-0.4, -0.2) is 43.4 Å². The monoisotopic (exact) mass is 633 g/mol. The smallest absolute Gasteiger partial charge is 0.298 e. The second-order valence-corrected chi connectivity index (χ2v) is 12.9. The van der Waals surface area contributed by atoms with Crippen LogP contribution in [0.2, 0.25) is 0 Å². The van der Waals surface area contributed by atoms with E-state index in [2.05, 4.69) is 20.7 Å². The third kappa shape index (κ3) is 6.07. The van der Waals surface area contributed by atoms with Crippen molar-refractivity contribution in [2.45, 2.75) is 67.3 Å². The van der Waals surface area contributed by atoms with Gasteiger partial charge in [-0.3, -0.25) is 4.79 Å². The lowest BCUT2D eigenvalue weighted by Gasteiger charge is -2.41. The maximum absolute atomic E-state index is 16.0. The predicted molar refractivity (Wildman–Crippen MR) is 150 cm³/mol. The van der Waals surface area contributed by atoms with Crippen LogP contribution in [-0.2, 0) is 27.3 Å². The standard InChI is InChI=1S/C29H30BrF2N3O4S/c30-21-8-6-20(7-9-21)29(31,32)27(28(36)35-23-10-11-24(35)17-22(33)16-23)34-40(37,38)26-14-12-25(13-15-26)39-18-19-4-2-1-3-5-19/h1-9,12-15,22-24,27,34H,10-11,16-18,33H2/t22?,23?,24?,27-/m1/s1. The number of nitrogens with one attached hydrogen (secondary N) is 1. The molecule has 0 saturated carbocycles. The first kappa shape index (κ1) is 28.7. The summed E-state index contributed by atoms with van der Waals surface area (Å²) in [6.07, 6.45) is 2.29. The van der Waals surface area contributed by atoms with Crippen molar-refractivity contribution in [1.29, 1.82) is 0 Å². The molecule has 212 valence electrons. The van der Waals surface area contributed by atoms with E-state index in [0.29, 0.717) is 35.9 Å². The minimum atomic E-state index is -4.52. The fourth-order valence-corrected chi connectivity index (χ4v) is 6.98. The van der Waals surface area contributed by atoms with E-state index in [4.69, 9.17) is 10.5 Å². The Morgan fingerprint density at radius 2 is 1.60 bits per heavy atom. The van der Waals surface area contributed by atoms with Crippen molar-refractivity contribution in [3.63, 3.8) is 0 Å². The van der Waals surface area contributed by atoms with E-state index >= 15 is 8.78 Å². The van der Waals surface area contributed by atoms with E-state index in [-0.39, 0.29) is 29.6 Å². The van der Waals surface area contributed by atoms with Gasteiger partial charge in [0.05, 0.1) is 4.90 Å². The summed E-state index contributed by atoms with van der Waals surface area (Å²) in [5.41, 5.74) is 6.58. The van der Waals surface area contributed by atoms with Crippen LogP contribution in [0.5, 0.6) is 5.75 Å². The van der Waals surface area contributed by atoms with Crippen LogP contribution in [0, 0.1) is 0 Å². The summed E-state index contributed by atoms with van der Waals surface area (Å²) in [7, 11) is -4.52. The molecular formula is C29H30BrF2N3O4S. The Labute approximate surface area is 240 Å². The fraction of sp³-hybridized carbons (Fsp3) is 0.345. The predicted octanol–water partition coefficient (Wildman–Crippen LogP) is 4.95. The molecule has 0 spiro atoms. The zero-order valence-electron chi connectivity index (χ0n) is 21.6. The van der Waals surface area contributed by atoms with Crippen molar-refractivity contribution >= 4 is 31.9 Å². The van der Waals surface area contributed by atoms with Gasteiger partial charge in [0.15, 0.2) is 6.04 Å². The topological polar surface area (TPSA) is 102 Å². The average Bonchev–Trinajstić information content (AvgIpc) is 3.21. The van der Waals surface area contributed by atoms with Crippen molar-refractivity contribution in [2.24, 2.45) is 5.73 Å². The highest BCUT2D eigenvalue weighted by atomic mass is 79.9. The summed E-state index contributed by atoms with van der Waals surface area (Å²) in [6.45, 7) is 0.281. The second-order valence-electron chi connectivity index (χ2n) is 10.3. The van der Waals surface area contributed by atoms with Gasteiger partial charge < -0.3 is 15.4 Å². The molecule has 0 radical (unpaired) electrons. The number of rotatable bonds is 9. The van der Waals surface area contributed by atoms with Crippen molar-refractivity contribution < 1.29 is 26.7 Å². The maximum Gasteiger partial charge on any atom is 0.298 e. The molecule has 2 bridgehead atoms. The van der Waals surface area contributed by atoms with E-state index in [1.54, 1.807) is 0 Å². The van der Waals surface area contributed by atoms with E-state index in [1.807, 2.05) is 30.3 Å². The Kier molecular flexibility index (Phi) is 8.28. The molecule has 0 aromatic heterocycles.